The number of benzene rings is 2. The van der Waals surface area contributed by atoms with Crippen LogP contribution in [0, 0.1) is 0 Å². The number of piperidine rings is 1. The van der Waals surface area contributed by atoms with Gasteiger partial charge in [0.15, 0.2) is 16.7 Å². The van der Waals surface area contributed by atoms with E-state index in [1.54, 1.807) is 29.2 Å². The van der Waals surface area contributed by atoms with Gasteiger partial charge >= 0.3 is 5.88 Å². The van der Waals surface area contributed by atoms with Crippen LogP contribution < -0.4 is 34.2 Å². The summed E-state index contributed by atoms with van der Waals surface area (Å²) in [6.07, 6.45) is 6.65. The zero-order valence-electron chi connectivity index (χ0n) is 23.0. The van der Waals surface area contributed by atoms with Gasteiger partial charge in [-0.05, 0) is 43.5 Å². The van der Waals surface area contributed by atoms with Crippen LogP contribution in [0.15, 0.2) is 63.9 Å². The lowest BCUT2D eigenvalue weighted by Gasteiger charge is -2.17. The van der Waals surface area contributed by atoms with E-state index in [1.807, 2.05) is 30.3 Å². The van der Waals surface area contributed by atoms with Crippen molar-refractivity contribution in [2.24, 2.45) is 4.99 Å². The number of carbonyl (C=O) groups is 2. The lowest BCUT2D eigenvalue weighted by Crippen LogP contribution is -2.60. The van der Waals surface area contributed by atoms with Crippen molar-refractivity contribution in [1.29, 1.82) is 0 Å². The van der Waals surface area contributed by atoms with Crippen molar-refractivity contribution in [3.8, 4) is 17.2 Å². The topological polar surface area (TPSA) is 123 Å². The Balaban J connectivity index is 1.35. The molecule has 0 unspecified atom stereocenters. The van der Waals surface area contributed by atoms with Gasteiger partial charge in [0.25, 0.3) is 12.1 Å². The minimum absolute atomic E-state index is 0.00712. The first kappa shape index (κ1) is 28.0. The lowest BCUT2D eigenvalue weighted by atomic mass is 10.1. The molecule has 0 aliphatic carbocycles. The van der Waals surface area contributed by atoms with Crippen LogP contribution in [0.1, 0.15) is 24.8 Å². The highest BCUT2D eigenvalue weighted by atomic mass is 32.2. The second kappa shape index (κ2) is 12.8. The SMILES string of the molecule is COc1cc(OC)c(OC)cc1/C=C1/N=C(SCC(=O)Nc2c[n+](N3CCCCC3)no2)N(c2ccccc2)C1=O. The van der Waals surface area contributed by atoms with E-state index in [0.717, 1.165) is 37.7 Å². The smallest absolute Gasteiger partial charge is 0.305 e. The molecular formula is C28H31N6O6S+. The third kappa shape index (κ3) is 6.30. The molecule has 1 saturated heterocycles. The van der Waals surface area contributed by atoms with Crippen molar-refractivity contribution in [2.45, 2.75) is 19.3 Å². The van der Waals surface area contributed by atoms with Crippen LogP contribution in [-0.4, -0.2) is 62.4 Å². The van der Waals surface area contributed by atoms with Crippen LogP contribution in [0.5, 0.6) is 17.2 Å². The fraction of sp³-hybridized carbons (Fsp3) is 0.321. The number of nitrogens with one attached hydrogen (secondary N) is 1. The average Bonchev–Trinajstić information content (AvgIpc) is 3.60. The summed E-state index contributed by atoms with van der Waals surface area (Å²) in [7, 11) is 4.59. The van der Waals surface area contributed by atoms with Gasteiger partial charge in [-0.15, -0.1) is 0 Å². The maximum atomic E-state index is 13.6. The monoisotopic (exact) mass is 579 g/mol. The number of amides is 2. The predicted molar refractivity (Wildman–Crippen MR) is 155 cm³/mol. The first-order valence-corrected chi connectivity index (χ1v) is 14.1. The number of ether oxygens (including phenoxy) is 3. The number of carbonyl (C=O) groups excluding carboxylic acids is 2. The molecule has 3 aromatic rings. The Bertz CT molecular complexity index is 1470. The van der Waals surface area contributed by atoms with Crippen molar-refractivity contribution < 1.29 is 33.1 Å². The summed E-state index contributed by atoms with van der Waals surface area (Å²) < 4.78 is 21.6. The first-order chi connectivity index (χ1) is 20.0. The molecular weight excluding hydrogens is 548 g/mol. The summed E-state index contributed by atoms with van der Waals surface area (Å²) in [6, 6.07) is 12.5. The molecule has 2 amide bonds. The zero-order chi connectivity index (χ0) is 28.8. The fourth-order valence-electron chi connectivity index (χ4n) is 4.52. The second-order valence-electron chi connectivity index (χ2n) is 9.19. The quantitative estimate of drug-likeness (QED) is 0.301. The van der Waals surface area contributed by atoms with Gasteiger partial charge in [-0.2, -0.15) is 5.01 Å². The number of thioether (sulfide) groups is 1. The number of hydrogen-bond acceptors (Lipinski definition) is 10. The molecule has 0 saturated carbocycles. The van der Waals surface area contributed by atoms with E-state index in [2.05, 4.69) is 20.6 Å². The van der Waals surface area contributed by atoms with E-state index in [4.69, 9.17) is 18.7 Å². The molecule has 2 aliphatic rings. The normalized spacial score (nSPS) is 16.1. The first-order valence-electron chi connectivity index (χ1n) is 13.1. The third-order valence-corrected chi connectivity index (χ3v) is 7.48. The molecule has 0 bridgehead atoms. The maximum Gasteiger partial charge on any atom is 0.305 e. The van der Waals surface area contributed by atoms with E-state index in [0.29, 0.717) is 33.7 Å². The number of para-hydroxylation sites is 1. The van der Waals surface area contributed by atoms with E-state index < -0.39 is 0 Å². The minimum Gasteiger partial charge on any atom is -0.496 e. The van der Waals surface area contributed by atoms with Crippen LogP contribution in [0.25, 0.3) is 6.08 Å². The molecule has 1 N–H and O–H groups in total. The molecule has 0 radical (unpaired) electrons. The summed E-state index contributed by atoms with van der Waals surface area (Å²) in [5.74, 6) is 1.04. The number of amidine groups is 1. The molecule has 214 valence electrons. The average molecular weight is 580 g/mol. The van der Waals surface area contributed by atoms with Crippen LogP contribution in [0.2, 0.25) is 0 Å². The third-order valence-electron chi connectivity index (χ3n) is 6.54. The van der Waals surface area contributed by atoms with Crippen LogP contribution >= 0.6 is 11.8 Å². The Morgan fingerprint density at radius 3 is 2.46 bits per heavy atom. The molecule has 13 heteroatoms. The number of aromatic nitrogens is 2. The summed E-state index contributed by atoms with van der Waals surface area (Å²) in [4.78, 5) is 34.1. The molecule has 3 heterocycles. The molecule has 41 heavy (non-hydrogen) atoms. The summed E-state index contributed by atoms with van der Waals surface area (Å²) in [5, 5.41) is 9.17. The number of aliphatic imine (C=N–C) groups is 1. The number of anilines is 2. The molecule has 2 aliphatic heterocycles. The highest BCUT2D eigenvalue weighted by Crippen LogP contribution is 2.37. The van der Waals surface area contributed by atoms with Crippen molar-refractivity contribution in [2.75, 3.05) is 55.4 Å². The van der Waals surface area contributed by atoms with Crippen LogP contribution in [0.3, 0.4) is 0 Å². The van der Waals surface area contributed by atoms with Gasteiger partial charge in [-0.25, -0.2) is 4.99 Å². The minimum atomic E-state index is -0.339. The van der Waals surface area contributed by atoms with Crippen molar-refractivity contribution in [3.05, 3.63) is 59.9 Å². The Morgan fingerprint density at radius 1 is 1.05 bits per heavy atom. The Morgan fingerprint density at radius 2 is 1.76 bits per heavy atom. The van der Waals surface area contributed by atoms with Gasteiger partial charge in [-0.1, -0.05) is 30.0 Å². The summed E-state index contributed by atoms with van der Waals surface area (Å²) >= 11 is 1.14. The van der Waals surface area contributed by atoms with E-state index >= 15 is 0 Å². The van der Waals surface area contributed by atoms with Gasteiger partial charge in [0.1, 0.15) is 11.4 Å². The Hall–Kier alpha value is -4.52. The van der Waals surface area contributed by atoms with Gasteiger partial charge in [0, 0.05) is 11.6 Å². The van der Waals surface area contributed by atoms with Gasteiger partial charge in [0.2, 0.25) is 11.2 Å². The standard InChI is InChI=1S/C28H30N6O6S/c1-37-22-16-24(39-3)23(38-2)15-19(22)14-21-27(36)34(20-10-6-4-7-11-20)28(29-21)41-18-25(35)30-26-17-33(31-40-26)32-12-8-5-9-13-32/h4,6-7,10-11,14-17H,5,8-9,12-13,18H2,1-3H3/p+1/b21-14+. The van der Waals surface area contributed by atoms with Crippen molar-refractivity contribution >= 4 is 46.4 Å². The van der Waals surface area contributed by atoms with Crippen molar-refractivity contribution in [3.63, 3.8) is 0 Å². The highest BCUT2D eigenvalue weighted by molar-refractivity contribution is 8.14. The van der Waals surface area contributed by atoms with E-state index in [9.17, 15) is 9.59 Å². The molecule has 0 atom stereocenters. The summed E-state index contributed by atoms with van der Waals surface area (Å²) in [6.45, 7) is 1.77. The van der Waals surface area contributed by atoms with Crippen LogP contribution in [0.4, 0.5) is 11.6 Å². The number of rotatable bonds is 9. The lowest BCUT2D eigenvalue weighted by molar-refractivity contribution is -0.759. The molecule has 2 aromatic carbocycles. The Labute approximate surface area is 241 Å². The number of methoxy groups -OCH3 is 3. The van der Waals surface area contributed by atoms with E-state index in [-0.39, 0.29) is 29.1 Å². The second-order valence-corrected chi connectivity index (χ2v) is 10.1. The van der Waals surface area contributed by atoms with Gasteiger partial charge in [-0.3, -0.25) is 24.3 Å². The predicted octanol–water partition coefficient (Wildman–Crippen LogP) is 3.23. The molecule has 1 fully saturated rings. The van der Waals surface area contributed by atoms with Gasteiger partial charge in [0.05, 0.1) is 50.6 Å². The largest absolute Gasteiger partial charge is 0.496 e. The Kier molecular flexibility index (Phi) is 8.73. The van der Waals surface area contributed by atoms with Crippen LogP contribution in [-0.2, 0) is 9.59 Å². The molecule has 0 spiro atoms. The summed E-state index contributed by atoms with van der Waals surface area (Å²) in [5.41, 5.74) is 1.39. The highest BCUT2D eigenvalue weighted by Gasteiger charge is 2.33. The van der Waals surface area contributed by atoms with Gasteiger partial charge < -0.3 is 14.2 Å². The molecule has 5 rings (SSSR count). The maximum absolute atomic E-state index is 13.6. The zero-order valence-corrected chi connectivity index (χ0v) is 23.8. The number of hydrogen-bond donors (Lipinski definition) is 1. The number of nitrogens with zero attached hydrogens (tertiary/aromatic N) is 5. The molecule has 12 nitrogen and oxygen atoms in total. The van der Waals surface area contributed by atoms with E-state index in [1.165, 1.54) is 32.7 Å². The van der Waals surface area contributed by atoms with Crippen molar-refractivity contribution in [1.82, 2.24) is 5.27 Å². The fourth-order valence-corrected chi connectivity index (χ4v) is 5.34. The molecule has 1 aromatic heterocycles.